The number of piperidine rings is 1. The largest absolute Gasteiger partial charge is 0.325 e. The lowest BCUT2D eigenvalue weighted by Crippen LogP contribution is -2.41. The predicted octanol–water partition coefficient (Wildman–Crippen LogP) is 4.69. The van der Waals surface area contributed by atoms with Gasteiger partial charge in [-0.25, -0.2) is 8.42 Å². The molecule has 0 saturated carbocycles. The van der Waals surface area contributed by atoms with Gasteiger partial charge in [0.15, 0.2) is 0 Å². The second kappa shape index (κ2) is 10.0. The molecule has 1 aromatic heterocycles. The Morgan fingerprint density at radius 3 is 2.30 bits per heavy atom. The molecule has 4 rings (SSSR count). The summed E-state index contributed by atoms with van der Waals surface area (Å²) >= 11 is 7.07. The second-order valence-corrected chi connectivity index (χ2v) is 11.2. The van der Waals surface area contributed by atoms with E-state index in [0.29, 0.717) is 39.0 Å². The monoisotopic (exact) mass is 503 g/mol. The van der Waals surface area contributed by atoms with Crippen LogP contribution in [0.15, 0.2) is 70.3 Å². The van der Waals surface area contributed by atoms with Crippen LogP contribution >= 0.6 is 22.9 Å². The Bertz CT molecular complexity index is 1240. The van der Waals surface area contributed by atoms with E-state index in [1.54, 1.807) is 66.0 Å². The van der Waals surface area contributed by atoms with Crippen molar-refractivity contribution in [3.8, 4) is 0 Å². The predicted molar refractivity (Wildman–Crippen MR) is 130 cm³/mol. The number of nitrogens with one attached hydrogen (secondary N) is 2. The molecule has 0 unspecified atom stereocenters. The fourth-order valence-corrected chi connectivity index (χ4v) is 6.39. The molecule has 1 aliphatic heterocycles. The van der Waals surface area contributed by atoms with Gasteiger partial charge in [-0.1, -0.05) is 29.8 Å². The van der Waals surface area contributed by atoms with Gasteiger partial charge in [0.05, 0.1) is 11.3 Å². The number of anilines is 2. The van der Waals surface area contributed by atoms with Crippen LogP contribution in [-0.4, -0.2) is 37.6 Å². The molecule has 1 fully saturated rings. The molecule has 2 amide bonds. The molecule has 10 heteroatoms. The Balaban J connectivity index is 1.39. The average Bonchev–Trinajstić information content (AvgIpc) is 3.37. The summed E-state index contributed by atoms with van der Waals surface area (Å²) in [7, 11) is -3.52. The molecule has 1 aliphatic rings. The SMILES string of the molecule is O=C(Nc1ccc(Cl)cc1)c1ccccc1NC(=O)C1CCN(S(=O)(=O)c2cccs2)CC1. The quantitative estimate of drug-likeness (QED) is 0.510. The molecule has 0 aliphatic carbocycles. The van der Waals surface area contributed by atoms with E-state index < -0.39 is 10.0 Å². The third-order valence-corrected chi connectivity index (χ3v) is 8.97. The summed E-state index contributed by atoms with van der Waals surface area (Å²) in [5.74, 6) is -0.924. The van der Waals surface area contributed by atoms with Crippen molar-refractivity contribution in [3.63, 3.8) is 0 Å². The first-order valence-corrected chi connectivity index (χ1v) is 13.0. The van der Waals surface area contributed by atoms with E-state index >= 15 is 0 Å². The molecule has 0 atom stereocenters. The van der Waals surface area contributed by atoms with Crippen LogP contribution in [0.1, 0.15) is 23.2 Å². The molecule has 7 nitrogen and oxygen atoms in total. The maximum atomic E-state index is 12.9. The molecule has 3 aromatic rings. The van der Waals surface area contributed by atoms with Crippen LogP contribution < -0.4 is 10.6 Å². The third-order valence-electron chi connectivity index (χ3n) is 5.45. The van der Waals surface area contributed by atoms with E-state index in [1.165, 1.54) is 15.6 Å². The molecule has 0 bridgehead atoms. The molecule has 2 heterocycles. The zero-order valence-corrected chi connectivity index (χ0v) is 19.9. The van der Waals surface area contributed by atoms with Crippen LogP contribution in [0.25, 0.3) is 0 Å². The number of hydrogen-bond donors (Lipinski definition) is 2. The Labute approximate surface area is 201 Å². The lowest BCUT2D eigenvalue weighted by atomic mass is 9.97. The number of carbonyl (C=O) groups excluding carboxylic acids is 2. The molecule has 2 N–H and O–H groups in total. The van der Waals surface area contributed by atoms with Gasteiger partial charge in [0.1, 0.15) is 4.21 Å². The van der Waals surface area contributed by atoms with Crippen molar-refractivity contribution in [3.05, 3.63) is 76.6 Å². The highest BCUT2D eigenvalue weighted by Gasteiger charge is 2.32. The number of rotatable bonds is 6. The number of amides is 2. The minimum atomic E-state index is -3.52. The van der Waals surface area contributed by atoms with Crippen molar-refractivity contribution < 1.29 is 18.0 Å². The maximum absolute atomic E-state index is 12.9. The molecular weight excluding hydrogens is 482 g/mol. The van der Waals surface area contributed by atoms with Crippen LogP contribution in [0.2, 0.25) is 5.02 Å². The minimum absolute atomic E-state index is 0.227. The van der Waals surface area contributed by atoms with Gasteiger partial charge in [-0.15, -0.1) is 11.3 Å². The van der Waals surface area contributed by atoms with Crippen molar-refractivity contribution in [2.75, 3.05) is 23.7 Å². The van der Waals surface area contributed by atoms with Gasteiger partial charge in [0.25, 0.3) is 15.9 Å². The van der Waals surface area contributed by atoms with E-state index in [0.717, 1.165) is 0 Å². The topological polar surface area (TPSA) is 95.6 Å². The Morgan fingerprint density at radius 2 is 1.64 bits per heavy atom. The molecule has 2 aromatic carbocycles. The summed E-state index contributed by atoms with van der Waals surface area (Å²) < 4.78 is 27.1. The highest BCUT2D eigenvalue weighted by molar-refractivity contribution is 7.91. The number of halogens is 1. The number of thiophene rings is 1. The van der Waals surface area contributed by atoms with Crippen LogP contribution in [0, 0.1) is 5.92 Å². The van der Waals surface area contributed by atoms with Crippen molar-refractivity contribution in [2.45, 2.75) is 17.1 Å². The van der Waals surface area contributed by atoms with Crippen LogP contribution in [-0.2, 0) is 14.8 Å². The summed E-state index contributed by atoms with van der Waals surface area (Å²) in [6.45, 7) is 0.550. The van der Waals surface area contributed by atoms with Crippen LogP contribution in [0.5, 0.6) is 0 Å². The zero-order valence-electron chi connectivity index (χ0n) is 17.5. The normalized spacial score (nSPS) is 15.2. The Morgan fingerprint density at radius 1 is 0.939 bits per heavy atom. The first-order chi connectivity index (χ1) is 15.8. The Hall–Kier alpha value is -2.72. The van der Waals surface area contributed by atoms with Crippen molar-refractivity contribution in [2.24, 2.45) is 5.92 Å². The summed E-state index contributed by atoms with van der Waals surface area (Å²) in [5, 5.41) is 7.94. The van der Waals surface area contributed by atoms with Crippen LogP contribution in [0.4, 0.5) is 11.4 Å². The summed E-state index contributed by atoms with van der Waals surface area (Å²) in [4.78, 5) is 25.7. The third kappa shape index (κ3) is 5.44. The van der Waals surface area contributed by atoms with Gasteiger partial charge in [0.2, 0.25) is 5.91 Å². The van der Waals surface area contributed by atoms with Gasteiger partial charge < -0.3 is 10.6 Å². The lowest BCUT2D eigenvalue weighted by molar-refractivity contribution is -0.120. The van der Waals surface area contributed by atoms with Gasteiger partial charge in [-0.05, 0) is 60.7 Å². The van der Waals surface area contributed by atoms with Gasteiger partial charge >= 0.3 is 0 Å². The summed E-state index contributed by atoms with van der Waals surface area (Å²) in [6, 6.07) is 16.8. The number of nitrogens with zero attached hydrogens (tertiary/aromatic N) is 1. The van der Waals surface area contributed by atoms with E-state index in [4.69, 9.17) is 11.6 Å². The zero-order chi connectivity index (χ0) is 23.4. The summed E-state index contributed by atoms with van der Waals surface area (Å²) in [6.07, 6.45) is 0.825. The molecule has 1 saturated heterocycles. The molecule has 172 valence electrons. The molecule has 33 heavy (non-hydrogen) atoms. The van der Waals surface area contributed by atoms with Crippen molar-refractivity contribution in [1.82, 2.24) is 4.31 Å². The molecule has 0 spiro atoms. The maximum Gasteiger partial charge on any atom is 0.257 e. The molecular formula is C23H22ClN3O4S2. The van der Waals surface area contributed by atoms with E-state index in [2.05, 4.69) is 10.6 Å². The number of carbonyl (C=O) groups is 2. The number of benzene rings is 2. The standard InChI is InChI=1S/C23H22ClN3O4S2/c24-17-7-9-18(10-8-17)25-23(29)19-4-1-2-5-20(19)26-22(28)16-11-13-27(14-12-16)33(30,31)21-6-3-15-32-21/h1-10,15-16H,11-14H2,(H,25,29)(H,26,28). The van der Waals surface area contributed by atoms with Crippen molar-refractivity contribution in [1.29, 1.82) is 0 Å². The van der Waals surface area contributed by atoms with E-state index in [-0.39, 0.29) is 30.8 Å². The second-order valence-electron chi connectivity index (χ2n) is 7.61. The Kier molecular flexibility index (Phi) is 7.14. The molecule has 0 radical (unpaired) electrons. The fourth-order valence-electron chi connectivity index (χ4n) is 3.65. The highest BCUT2D eigenvalue weighted by atomic mass is 35.5. The highest BCUT2D eigenvalue weighted by Crippen LogP contribution is 2.27. The summed E-state index contributed by atoms with van der Waals surface area (Å²) in [5.41, 5.74) is 1.32. The van der Waals surface area contributed by atoms with Gasteiger partial charge in [-0.3, -0.25) is 9.59 Å². The van der Waals surface area contributed by atoms with Gasteiger partial charge in [-0.2, -0.15) is 4.31 Å². The first-order valence-electron chi connectivity index (χ1n) is 10.3. The fraction of sp³-hybridized carbons (Fsp3) is 0.217. The first kappa shape index (κ1) is 23.4. The van der Waals surface area contributed by atoms with Crippen molar-refractivity contribution >= 4 is 56.2 Å². The average molecular weight is 504 g/mol. The van der Waals surface area contributed by atoms with Crippen LogP contribution in [0.3, 0.4) is 0 Å². The number of hydrogen-bond acceptors (Lipinski definition) is 5. The van der Waals surface area contributed by atoms with Gasteiger partial charge in [0, 0.05) is 29.7 Å². The lowest BCUT2D eigenvalue weighted by Gasteiger charge is -2.30. The number of para-hydroxylation sites is 1. The minimum Gasteiger partial charge on any atom is -0.325 e. The smallest absolute Gasteiger partial charge is 0.257 e. The van der Waals surface area contributed by atoms with E-state index in [1.807, 2.05) is 0 Å². The number of sulfonamides is 1. The van der Waals surface area contributed by atoms with E-state index in [9.17, 15) is 18.0 Å².